The fourth-order valence-corrected chi connectivity index (χ4v) is 10.5. The van der Waals surface area contributed by atoms with Gasteiger partial charge in [0.1, 0.15) is 6.10 Å². The third-order valence-corrected chi connectivity index (χ3v) is 11.3. The van der Waals surface area contributed by atoms with Gasteiger partial charge in [-0.2, -0.15) is 0 Å². The highest BCUT2D eigenvalue weighted by Gasteiger charge is 2.60. The molecule has 1 aromatic carbocycles. The quantitative estimate of drug-likeness (QED) is 0.215. The minimum absolute atomic E-state index is 0.0810. The van der Waals surface area contributed by atoms with Crippen molar-refractivity contribution in [2.75, 3.05) is 13.4 Å². The minimum atomic E-state index is -0.424. The number of hydrogen-bond acceptors (Lipinski definition) is 5. The summed E-state index contributed by atoms with van der Waals surface area (Å²) >= 11 is 0. The normalized spacial score (nSPS) is 41.8. The summed E-state index contributed by atoms with van der Waals surface area (Å²) in [5.41, 5.74) is 2.49. The van der Waals surface area contributed by atoms with Gasteiger partial charge in [0.25, 0.3) is 0 Å². The first kappa shape index (κ1) is 24.9. The van der Waals surface area contributed by atoms with E-state index in [1.54, 1.807) is 0 Å². The Hall–Kier alpha value is -2.14. The van der Waals surface area contributed by atoms with Gasteiger partial charge in [0.2, 0.25) is 0 Å². The second kappa shape index (κ2) is 9.21. The molecular weight excluding hydrogens is 476 g/mol. The Morgan fingerprint density at radius 2 is 1.37 bits per heavy atom. The molecule has 0 heterocycles. The summed E-state index contributed by atoms with van der Waals surface area (Å²) in [4.78, 5) is 26.4. The third kappa shape index (κ3) is 4.33. The van der Waals surface area contributed by atoms with E-state index in [9.17, 15) is 9.59 Å². The molecule has 0 saturated heterocycles. The molecule has 0 amide bonds. The second-order valence-corrected chi connectivity index (χ2v) is 14.3. The Morgan fingerprint density at radius 3 is 1.95 bits per heavy atom. The molecule has 8 bridgehead atoms. The Kier molecular flexibility index (Phi) is 6.03. The lowest BCUT2D eigenvalue weighted by Gasteiger charge is -2.57. The van der Waals surface area contributed by atoms with Gasteiger partial charge in [-0.05, 0) is 136 Å². The maximum atomic E-state index is 13.4. The SMILES string of the molecule is C=C(C)c1ccc(C(=O)OC2C3CC4CC2CC(C(=O)OCOCC25CC6CC(CC(C6)C2)C5)(C4)C3)cc1. The van der Waals surface area contributed by atoms with E-state index in [2.05, 4.69) is 6.58 Å². The lowest BCUT2D eigenvalue weighted by molar-refractivity contribution is -0.198. The van der Waals surface area contributed by atoms with Gasteiger partial charge in [0.15, 0.2) is 6.79 Å². The first-order chi connectivity index (χ1) is 18.3. The summed E-state index contributed by atoms with van der Waals surface area (Å²) < 4.78 is 18.0. The van der Waals surface area contributed by atoms with Crippen molar-refractivity contribution in [1.82, 2.24) is 0 Å². The fraction of sp³-hybridized carbons (Fsp3) is 0.697. The van der Waals surface area contributed by atoms with Crippen molar-refractivity contribution in [2.24, 2.45) is 46.3 Å². The Balaban J connectivity index is 0.941. The van der Waals surface area contributed by atoms with Crippen molar-refractivity contribution < 1.29 is 23.8 Å². The summed E-state index contributed by atoms with van der Waals surface area (Å²) in [6.45, 7) is 6.75. The highest BCUT2D eigenvalue weighted by molar-refractivity contribution is 5.90. The van der Waals surface area contributed by atoms with Crippen molar-refractivity contribution in [3.63, 3.8) is 0 Å². The Morgan fingerprint density at radius 1 is 0.816 bits per heavy atom. The van der Waals surface area contributed by atoms with Crippen molar-refractivity contribution in [2.45, 2.75) is 83.7 Å². The molecule has 0 aromatic heterocycles. The number of esters is 2. The molecule has 0 radical (unpaired) electrons. The van der Waals surface area contributed by atoms with Gasteiger partial charge in [-0.15, -0.1) is 0 Å². The number of hydrogen-bond donors (Lipinski definition) is 0. The molecule has 38 heavy (non-hydrogen) atoms. The van der Waals surface area contributed by atoms with Crippen molar-refractivity contribution in [1.29, 1.82) is 0 Å². The highest BCUT2D eigenvalue weighted by Crippen LogP contribution is 2.62. The van der Waals surface area contributed by atoms with Gasteiger partial charge in [0, 0.05) is 0 Å². The molecule has 0 spiro atoms. The van der Waals surface area contributed by atoms with Gasteiger partial charge >= 0.3 is 11.9 Å². The third-order valence-electron chi connectivity index (χ3n) is 11.3. The number of allylic oxidation sites excluding steroid dienone is 1. The van der Waals surface area contributed by atoms with Crippen LogP contribution in [0.3, 0.4) is 0 Å². The Labute approximate surface area is 226 Å². The van der Waals surface area contributed by atoms with Crippen LogP contribution in [-0.4, -0.2) is 31.4 Å². The van der Waals surface area contributed by atoms with Crippen molar-refractivity contribution in [3.05, 3.63) is 42.0 Å². The number of ether oxygens (including phenoxy) is 3. The first-order valence-electron chi connectivity index (χ1n) is 15.0. The van der Waals surface area contributed by atoms with Gasteiger partial charge < -0.3 is 14.2 Å². The smallest absolute Gasteiger partial charge is 0.338 e. The average Bonchev–Trinajstić information content (AvgIpc) is 2.87. The molecule has 2 unspecified atom stereocenters. The first-order valence-corrected chi connectivity index (χ1v) is 15.0. The van der Waals surface area contributed by atoms with Crippen LogP contribution in [-0.2, 0) is 19.0 Å². The zero-order chi connectivity index (χ0) is 26.1. The maximum Gasteiger partial charge on any atom is 0.338 e. The predicted molar refractivity (Wildman–Crippen MR) is 144 cm³/mol. The van der Waals surface area contributed by atoms with Crippen LogP contribution < -0.4 is 0 Å². The van der Waals surface area contributed by atoms with Gasteiger partial charge in [-0.3, -0.25) is 4.79 Å². The van der Waals surface area contributed by atoms with Crippen LogP contribution in [0.5, 0.6) is 0 Å². The average molecular weight is 519 g/mol. The zero-order valence-corrected chi connectivity index (χ0v) is 22.8. The summed E-state index contributed by atoms with van der Waals surface area (Å²) in [5.74, 6) is 3.36. The zero-order valence-electron chi connectivity index (χ0n) is 22.8. The maximum absolute atomic E-state index is 13.4. The minimum Gasteiger partial charge on any atom is -0.458 e. The fourth-order valence-electron chi connectivity index (χ4n) is 10.5. The molecule has 5 nitrogen and oxygen atoms in total. The number of rotatable bonds is 8. The molecule has 8 saturated carbocycles. The molecule has 204 valence electrons. The second-order valence-electron chi connectivity index (χ2n) is 14.3. The molecule has 2 atom stereocenters. The lowest BCUT2D eigenvalue weighted by Crippen LogP contribution is -2.57. The topological polar surface area (TPSA) is 61.8 Å². The monoisotopic (exact) mass is 518 g/mol. The Bertz CT molecular complexity index is 1070. The standard InChI is InChI=1S/C33H42O5/c1-20(2)25-3-5-26(6-4-25)30(34)38-29-27-10-24-11-28(29)17-33(15-24,16-27)31(35)37-19-36-18-32-12-21-7-22(13-32)9-23(8-21)14-32/h3-6,21-24,27-29H,1,7-19H2,2H3. The van der Waals surface area contributed by atoms with E-state index < -0.39 is 5.41 Å². The predicted octanol–water partition coefficient (Wildman–Crippen LogP) is 6.81. The molecule has 8 fully saturated rings. The van der Waals surface area contributed by atoms with Gasteiger partial charge in [-0.25, -0.2) is 4.79 Å². The molecule has 0 aliphatic heterocycles. The van der Waals surface area contributed by atoms with Crippen LogP contribution in [0.1, 0.15) is 93.5 Å². The molecule has 9 rings (SSSR count). The molecule has 0 N–H and O–H groups in total. The van der Waals surface area contributed by atoms with Gasteiger partial charge in [-0.1, -0.05) is 24.3 Å². The van der Waals surface area contributed by atoms with E-state index in [0.717, 1.165) is 67.6 Å². The van der Waals surface area contributed by atoms with Crippen LogP contribution in [0.25, 0.3) is 5.57 Å². The van der Waals surface area contributed by atoms with Gasteiger partial charge in [0.05, 0.1) is 17.6 Å². The van der Waals surface area contributed by atoms with Crippen LogP contribution in [0.4, 0.5) is 0 Å². The molecule has 5 heteroatoms. The molecule has 8 aliphatic carbocycles. The summed E-state index contributed by atoms with van der Waals surface area (Å²) in [6, 6.07) is 7.49. The number of carbonyl (C=O) groups is 2. The van der Waals surface area contributed by atoms with Crippen LogP contribution in [0, 0.1) is 46.3 Å². The van der Waals surface area contributed by atoms with Crippen LogP contribution >= 0.6 is 0 Å². The molecular formula is C33H42O5. The van der Waals surface area contributed by atoms with Crippen LogP contribution in [0.2, 0.25) is 0 Å². The number of carbonyl (C=O) groups excluding carboxylic acids is 2. The van der Waals surface area contributed by atoms with Crippen molar-refractivity contribution >= 4 is 17.5 Å². The molecule has 8 aliphatic rings. The van der Waals surface area contributed by atoms with E-state index in [-0.39, 0.29) is 36.7 Å². The van der Waals surface area contributed by atoms with E-state index in [0.29, 0.717) is 16.9 Å². The summed E-state index contributed by atoms with van der Waals surface area (Å²) in [7, 11) is 0. The summed E-state index contributed by atoms with van der Waals surface area (Å²) in [5, 5.41) is 0. The number of benzene rings is 1. The molecule has 1 aromatic rings. The van der Waals surface area contributed by atoms with E-state index in [1.165, 1.54) is 38.5 Å². The van der Waals surface area contributed by atoms with Crippen molar-refractivity contribution in [3.8, 4) is 0 Å². The van der Waals surface area contributed by atoms with Crippen LogP contribution in [0.15, 0.2) is 30.8 Å². The largest absolute Gasteiger partial charge is 0.458 e. The summed E-state index contributed by atoms with van der Waals surface area (Å²) in [6.07, 6.45) is 12.6. The van der Waals surface area contributed by atoms with E-state index in [1.807, 2.05) is 31.2 Å². The lowest BCUT2D eigenvalue weighted by atomic mass is 9.48. The van der Waals surface area contributed by atoms with E-state index >= 15 is 0 Å². The van der Waals surface area contributed by atoms with E-state index in [4.69, 9.17) is 14.2 Å². The highest BCUT2D eigenvalue weighted by atomic mass is 16.7.